The molecule has 150 valence electrons. The Kier molecular flexibility index (Phi) is 5.58. The number of rotatable bonds is 4. The fourth-order valence-corrected chi connectivity index (χ4v) is 4.25. The smallest absolute Gasteiger partial charge is 0.174 e. The Morgan fingerprint density at radius 1 is 1.07 bits per heavy atom. The van der Waals surface area contributed by atoms with Crippen LogP contribution < -0.4 is 10.1 Å². The van der Waals surface area contributed by atoms with Crippen molar-refractivity contribution in [2.45, 2.75) is 33.4 Å². The van der Waals surface area contributed by atoms with Gasteiger partial charge in [-0.25, -0.2) is 0 Å². The Balaban J connectivity index is 1.66. The Hall–Kier alpha value is -2.79. The summed E-state index contributed by atoms with van der Waals surface area (Å²) in [4.78, 5) is 2.29. The first-order valence-corrected chi connectivity index (χ1v) is 10.5. The van der Waals surface area contributed by atoms with Gasteiger partial charge in [-0.15, -0.1) is 0 Å². The molecule has 1 unspecified atom stereocenters. The SMILES string of the molecule is CCOc1ccc(C2c3cccn3CCN2C(=S)Nc2cccc(C)c2C)cc1. The van der Waals surface area contributed by atoms with Crippen molar-refractivity contribution in [3.8, 4) is 5.75 Å². The van der Waals surface area contributed by atoms with Crippen LogP contribution in [0.3, 0.4) is 0 Å². The summed E-state index contributed by atoms with van der Waals surface area (Å²) in [6, 6.07) is 19.0. The highest BCUT2D eigenvalue weighted by Crippen LogP contribution is 2.34. The summed E-state index contributed by atoms with van der Waals surface area (Å²) in [6.45, 7) is 8.70. The van der Waals surface area contributed by atoms with Crippen molar-refractivity contribution in [3.63, 3.8) is 0 Å². The van der Waals surface area contributed by atoms with Crippen LogP contribution in [-0.2, 0) is 6.54 Å². The Morgan fingerprint density at radius 3 is 2.62 bits per heavy atom. The van der Waals surface area contributed by atoms with Crippen molar-refractivity contribution < 1.29 is 4.74 Å². The molecule has 0 aliphatic carbocycles. The van der Waals surface area contributed by atoms with E-state index in [0.717, 1.165) is 29.6 Å². The van der Waals surface area contributed by atoms with Crippen LogP contribution in [0.2, 0.25) is 0 Å². The normalized spacial score (nSPS) is 15.7. The third kappa shape index (κ3) is 3.87. The number of nitrogens with one attached hydrogen (secondary N) is 1. The summed E-state index contributed by atoms with van der Waals surface area (Å²) in [6.07, 6.45) is 2.15. The van der Waals surface area contributed by atoms with Gasteiger partial charge in [0, 0.05) is 30.7 Å². The largest absolute Gasteiger partial charge is 0.494 e. The average molecular weight is 406 g/mol. The number of thiocarbonyl (C=S) groups is 1. The zero-order chi connectivity index (χ0) is 20.4. The molecule has 2 aromatic carbocycles. The van der Waals surface area contributed by atoms with Gasteiger partial charge in [-0.1, -0.05) is 24.3 Å². The van der Waals surface area contributed by atoms with E-state index in [1.54, 1.807) is 0 Å². The Bertz CT molecular complexity index is 1010. The quantitative estimate of drug-likeness (QED) is 0.596. The fraction of sp³-hybridized carbons (Fsp3) is 0.292. The minimum atomic E-state index is 0.0690. The summed E-state index contributed by atoms with van der Waals surface area (Å²) in [5.41, 5.74) is 6.02. The van der Waals surface area contributed by atoms with Gasteiger partial charge in [0.15, 0.2) is 5.11 Å². The molecule has 0 amide bonds. The van der Waals surface area contributed by atoms with Crippen LogP contribution in [-0.4, -0.2) is 27.7 Å². The molecule has 0 saturated heterocycles. The topological polar surface area (TPSA) is 29.4 Å². The zero-order valence-electron chi connectivity index (χ0n) is 17.2. The van der Waals surface area contributed by atoms with Crippen molar-refractivity contribution >= 4 is 23.0 Å². The third-order valence-electron chi connectivity index (χ3n) is 5.65. The zero-order valence-corrected chi connectivity index (χ0v) is 18.0. The van der Waals surface area contributed by atoms with Gasteiger partial charge in [-0.3, -0.25) is 0 Å². The van der Waals surface area contributed by atoms with Gasteiger partial charge in [0.25, 0.3) is 0 Å². The van der Waals surface area contributed by atoms with Crippen LogP contribution in [0.1, 0.15) is 35.3 Å². The molecule has 0 bridgehead atoms. The van der Waals surface area contributed by atoms with Crippen molar-refractivity contribution in [1.29, 1.82) is 0 Å². The number of benzene rings is 2. The van der Waals surface area contributed by atoms with E-state index < -0.39 is 0 Å². The second kappa shape index (κ2) is 8.29. The molecule has 3 aromatic rings. The molecule has 4 nitrogen and oxygen atoms in total. The van der Waals surface area contributed by atoms with Gasteiger partial charge in [0.2, 0.25) is 0 Å². The van der Waals surface area contributed by atoms with Crippen LogP contribution in [0, 0.1) is 13.8 Å². The molecule has 0 saturated carbocycles. The lowest BCUT2D eigenvalue weighted by atomic mass is 10.00. The minimum absolute atomic E-state index is 0.0690. The summed E-state index contributed by atoms with van der Waals surface area (Å²) in [5, 5.41) is 4.25. The van der Waals surface area contributed by atoms with E-state index in [2.05, 4.69) is 77.3 Å². The van der Waals surface area contributed by atoms with Crippen LogP contribution in [0.15, 0.2) is 60.8 Å². The lowest BCUT2D eigenvalue weighted by Crippen LogP contribution is -2.44. The maximum absolute atomic E-state index is 5.89. The first-order valence-electron chi connectivity index (χ1n) is 10.1. The van der Waals surface area contributed by atoms with Crippen molar-refractivity contribution in [3.05, 3.63) is 83.2 Å². The van der Waals surface area contributed by atoms with E-state index in [1.807, 2.05) is 19.1 Å². The van der Waals surface area contributed by atoms with Crippen molar-refractivity contribution in [2.75, 3.05) is 18.5 Å². The Morgan fingerprint density at radius 2 is 1.86 bits per heavy atom. The predicted octanol–water partition coefficient (Wildman–Crippen LogP) is 5.31. The van der Waals surface area contributed by atoms with Crippen molar-refractivity contribution in [2.24, 2.45) is 0 Å². The maximum atomic E-state index is 5.89. The van der Waals surface area contributed by atoms with Gasteiger partial charge in [0.05, 0.1) is 12.6 Å². The van der Waals surface area contributed by atoms with E-state index in [0.29, 0.717) is 6.61 Å². The van der Waals surface area contributed by atoms with Crippen LogP contribution in [0.5, 0.6) is 5.75 Å². The average Bonchev–Trinajstić information content (AvgIpc) is 3.20. The summed E-state index contributed by atoms with van der Waals surface area (Å²) >= 11 is 5.89. The number of hydrogen-bond donors (Lipinski definition) is 1. The van der Waals surface area contributed by atoms with Crippen LogP contribution in [0.4, 0.5) is 5.69 Å². The maximum Gasteiger partial charge on any atom is 0.174 e. The molecule has 1 atom stereocenters. The third-order valence-corrected chi connectivity index (χ3v) is 5.99. The van der Waals surface area contributed by atoms with Gasteiger partial charge in [-0.05, 0) is 80.0 Å². The van der Waals surface area contributed by atoms with Crippen LogP contribution in [0.25, 0.3) is 0 Å². The summed E-state index contributed by atoms with van der Waals surface area (Å²) < 4.78 is 7.94. The minimum Gasteiger partial charge on any atom is -0.494 e. The molecule has 0 radical (unpaired) electrons. The van der Waals surface area contributed by atoms with Gasteiger partial charge in [-0.2, -0.15) is 0 Å². The van der Waals surface area contributed by atoms with Gasteiger partial charge >= 0.3 is 0 Å². The molecular weight excluding hydrogens is 378 g/mol. The number of nitrogens with zero attached hydrogens (tertiary/aromatic N) is 2. The number of hydrogen-bond acceptors (Lipinski definition) is 2. The number of ether oxygens (including phenoxy) is 1. The highest BCUT2D eigenvalue weighted by molar-refractivity contribution is 7.80. The van der Waals surface area contributed by atoms with Gasteiger partial charge in [0.1, 0.15) is 5.75 Å². The van der Waals surface area contributed by atoms with E-state index in [1.165, 1.54) is 22.4 Å². The molecule has 1 aromatic heterocycles. The van der Waals surface area contributed by atoms with Crippen molar-refractivity contribution in [1.82, 2.24) is 9.47 Å². The molecule has 0 fully saturated rings. The molecule has 1 aliphatic heterocycles. The Labute approximate surface area is 178 Å². The molecule has 2 heterocycles. The van der Waals surface area contributed by atoms with E-state index in [-0.39, 0.29) is 6.04 Å². The van der Waals surface area contributed by atoms with E-state index >= 15 is 0 Å². The molecule has 4 rings (SSSR count). The predicted molar refractivity (Wildman–Crippen MR) is 123 cm³/mol. The lowest BCUT2D eigenvalue weighted by Gasteiger charge is -2.39. The molecular formula is C24H27N3OS. The standard InChI is InChI=1S/C24H27N3OS/c1-4-28-20-12-10-19(11-13-20)23-22-9-6-14-26(22)15-16-27(23)24(29)25-21-8-5-7-17(2)18(21)3/h5-14,23H,4,15-16H2,1-3H3,(H,25,29). The lowest BCUT2D eigenvalue weighted by molar-refractivity contribution is 0.293. The number of anilines is 1. The second-order valence-electron chi connectivity index (χ2n) is 7.40. The monoisotopic (exact) mass is 405 g/mol. The molecule has 1 N–H and O–H groups in total. The number of aromatic nitrogens is 1. The van der Waals surface area contributed by atoms with E-state index in [9.17, 15) is 0 Å². The highest BCUT2D eigenvalue weighted by atomic mass is 32.1. The molecule has 1 aliphatic rings. The second-order valence-corrected chi connectivity index (χ2v) is 7.79. The molecule has 5 heteroatoms. The molecule has 0 spiro atoms. The number of aryl methyl sites for hydroxylation is 1. The summed E-state index contributed by atoms with van der Waals surface area (Å²) in [5.74, 6) is 0.894. The van der Waals surface area contributed by atoms with Gasteiger partial charge < -0.3 is 19.5 Å². The van der Waals surface area contributed by atoms with Crippen LogP contribution >= 0.6 is 12.2 Å². The fourth-order valence-electron chi connectivity index (χ4n) is 3.94. The number of fused-ring (bicyclic) bond motifs is 1. The van der Waals surface area contributed by atoms with E-state index in [4.69, 9.17) is 17.0 Å². The first-order chi connectivity index (χ1) is 14.1. The molecule has 29 heavy (non-hydrogen) atoms. The highest BCUT2D eigenvalue weighted by Gasteiger charge is 2.30. The first kappa shape index (κ1) is 19.5. The summed E-state index contributed by atoms with van der Waals surface area (Å²) in [7, 11) is 0.